The summed E-state index contributed by atoms with van der Waals surface area (Å²) in [4.78, 5) is 56.2. The number of alkyl halides is 2. The quantitative estimate of drug-likeness (QED) is 0.406. The van der Waals surface area contributed by atoms with Crippen LogP contribution in [0.1, 0.15) is 62.5 Å². The number of halogens is 3. The zero-order chi connectivity index (χ0) is 33.7. The van der Waals surface area contributed by atoms with Crippen molar-refractivity contribution < 1.29 is 45.5 Å². The zero-order valence-electron chi connectivity index (χ0n) is 25.4. The molecule has 6 rings (SSSR count). The molecule has 0 bridgehead atoms. The predicted molar refractivity (Wildman–Crippen MR) is 159 cm³/mol. The van der Waals surface area contributed by atoms with E-state index in [1.165, 1.54) is 29.2 Å². The first-order chi connectivity index (χ1) is 22.2. The molecule has 3 aliphatic heterocycles. The lowest BCUT2D eigenvalue weighted by atomic mass is 10.0. The third-order valence-electron chi connectivity index (χ3n) is 9.47. The van der Waals surface area contributed by atoms with Gasteiger partial charge < -0.3 is 20.7 Å². The second-order valence-electron chi connectivity index (χ2n) is 13.0. The number of amides is 4. The molecule has 1 saturated heterocycles. The first kappa shape index (κ1) is 33.0. The SMILES string of the molecule is N[C@H]1CCC(F)(F)CCC=C=C[C@@H]2C[C@@]2(C(=O)NS(=O)(=O)C2CC2)NC(=O)[C@@H]2C[C@@H](OC(=O)N3Cc4cccc(F)c4C3)CN2C1=O. The van der Waals surface area contributed by atoms with Crippen LogP contribution in [-0.4, -0.2) is 83.5 Å². The lowest BCUT2D eigenvalue weighted by molar-refractivity contribution is -0.141. The van der Waals surface area contributed by atoms with Gasteiger partial charge in [-0.2, -0.15) is 0 Å². The molecule has 0 aromatic heterocycles. The number of carbonyl (C=O) groups excluding carboxylic acids is 4. The van der Waals surface area contributed by atoms with Crippen LogP contribution in [0.5, 0.6) is 0 Å². The van der Waals surface area contributed by atoms with Gasteiger partial charge in [0.2, 0.25) is 27.8 Å². The molecule has 3 heterocycles. The summed E-state index contributed by atoms with van der Waals surface area (Å²) in [7, 11) is -3.98. The van der Waals surface area contributed by atoms with E-state index in [1.807, 2.05) is 0 Å². The minimum Gasteiger partial charge on any atom is -0.444 e. The van der Waals surface area contributed by atoms with E-state index in [0.29, 0.717) is 24.0 Å². The van der Waals surface area contributed by atoms with Crippen molar-refractivity contribution in [3.63, 3.8) is 0 Å². The Morgan fingerprint density at radius 1 is 1.13 bits per heavy atom. The van der Waals surface area contributed by atoms with Crippen LogP contribution in [0.15, 0.2) is 36.1 Å². The summed E-state index contributed by atoms with van der Waals surface area (Å²) in [5, 5.41) is 1.94. The highest BCUT2D eigenvalue weighted by Gasteiger charge is 2.62. The van der Waals surface area contributed by atoms with Crippen molar-refractivity contribution in [2.75, 3.05) is 6.54 Å². The number of hydrogen-bond acceptors (Lipinski definition) is 8. The molecule has 3 fully saturated rings. The van der Waals surface area contributed by atoms with Gasteiger partial charge in [0.1, 0.15) is 23.5 Å². The van der Waals surface area contributed by atoms with Crippen LogP contribution in [0.3, 0.4) is 0 Å². The van der Waals surface area contributed by atoms with Crippen LogP contribution >= 0.6 is 0 Å². The Hall–Kier alpha value is -3.88. The maximum atomic E-state index is 14.6. The molecular weight excluding hydrogens is 643 g/mol. The van der Waals surface area contributed by atoms with Gasteiger partial charge in [-0.05, 0) is 55.9 Å². The van der Waals surface area contributed by atoms with Gasteiger partial charge in [0.25, 0.3) is 5.91 Å². The summed E-state index contributed by atoms with van der Waals surface area (Å²) < 4.78 is 76.4. The third kappa shape index (κ3) is 6.90. The van der Waals surface area contributed by atoms with E-state index in [4.69, 9.17) is 10.5 Å². The van der Waals surface area contributed by atoms with E-state index in [1.54, 1.807) is 6.07 Å². The molecule has 47 heavy (non-hydrogen) atoms. The van der Waals surface area contributed by atoms with Gasteiger partial charge in [-0.25, -0.2) is 26.4 Å². The number of nitrogens with two attached hydrogens (primary N) is 1. The number of nitrogens with one attached hydrogen (secondary N) is 2. The summed E-state index contributed by atoms with van der Waals surface area (Å²) in [6.45, 7) is -0.234. The molecule has 12 nitrogen and oxygen atoms in total. The molecule has 16 heteroatoms. The van der Waals surface area contributed by atoms with E-state index in [0.717, 1.165) is 4.90 Å². The maximum Gasteiger partial charge on any atom is 0.410 e. The van der Waals surface area contributed by atoms with Crippen LogP contribution < -0.4 is 15.8 Å². The molecule has 254 valence electrons. The van der Waals surface area contributed by atoms with Crippen molar-refractivity contribution in [2.24, 2.45) is 11.7 Å². The van der Waals surface area contributed by atoms with E-state index < -0.39 is 93.3 Å². The van der Waals surface area contributed by atoms with Crippen LogP contribution in [0.2, 0.25) is 0 Å². The van der Waals surface area contributed by atoms with Crippen molar-refractivity contribution >= 4 is 33.8 Å². The van der Waals surface area contributed by atoms with Gasteiger partial charge in [-0.15, -0.1) is 5.73 Å². The first-order valence-electron chi connectivity index (χ1n) is 15.6. The number of sulfonamides is 1. The van der Waals surface area contributed by atoms with Crippen LogP contribution in [-0.2, 0) is 42.2 Å². The topological polar surface area (TPSA) is 168 Å². The second-order valence-corrected chi connectivity index (χ2v) is 15.0. The van der Waals surface area contributed by atoms with Crippen molar-refractivity contribution in [2.45, 2.75) is 99.4 Å². The minimum atomic E-state index is -3.98. The summed E-state index contributed by atoms with van der Waals surface area (Å²) in [5.74, 6) is -6.90. The number of rotatable bonds is 4. The van der Waals surface area contributed by atoms with E-state index >= 15 is 0 Å². The fourth-order valence-electron chi connectivity index (χ4n) is 6.42. The highest BCUT2D eigenvalue weighted by atomic mass is 32.2. The average molecular weight is 680 g/mol. The minimum absolute atomic E-state index is 0.00638. The van der Waals surface area contributed by atoms with Gasteiger partial charge in [0.15, 0.2) is 0 Å². The zero-order valence-corrected chi connectivity index (χ0v) is 26.2. The van der Waals surface area contributed by atoms with Gasteiger partial charge in [-0.3, -0.25) is 24.0 Å². The summed E-state index contributed by atoms with van der Waals surface area (Å²) in [5.41, 5.74) is 8.11. The maximum absolute atomic E-state index is 14.6. The normalized spacial score (nSPS) is 30.6. The number of nitrogens with zero attached hydrogens (tertiary/aromatic N) is 2. The van der Waals surface area contributed by atoms with Crippen molar-refractivity contribution in [3.8, 4) is 0 Å². The smallest absolute Gasteiger partial charge is 0.410 e. The first-order valence-corrected chi connectivity index (χ1v) is 17.2. The predicted octanol–water partition coefficient (Wildman–Crippen LogP) is 1.98. The van der Waals surface area contributed by atoms with Crippen LogP contribution in [0.25, 0.3) is 0 Å². The highest BCUT2D eigenvalue weighted by Crippen LogP contribution is 2.46. The van der Waals surface area contributed by atoms with E-state index in [-0.39, 0.29) is 45.3 Å². The summed E-state index contributed by atoms with van der Waals surface area (Å²) in [6, 6.07) is 1.78. The molecular formula is C31H36F3N5O7S. The lowest BCUT2D eigenvalue weighted by Crippen LogP contribution is -2.57. The van der Waals surface area contributed by atoms with Gasteiger partial charge >= 0.3 is 6.09 Å². The molecule has 4 N–H and O–H groups in total. The number of fused-ring (bicyclic) bond motifs is 3. The Labute approximate surface area is 269 Å². The fourth-order valence-corrected chi connectivity index (χ4v) is 7.78. The largest absolute Gasteiger partial charge is 0.444 e. The number of carbonyl (C=O) groups is 4. The lowest BCUT2D eigenvalue weighted by Gasteiger charge is -2.28. The number of ether oxygens (including phenoxy) is 1. The monoisotopic (exact) mass is 679 g/mol. The van der Waals surface area contributed by atoms with E-state index in [2.05, 4.69) is 15.8 Å². The Morgan fingerprint density at radius 3 is 2.62 bits per heavy atom. The molecule has 2 aliphatic carbocycles. The Balaban J connectivity index is 1.24. The van der Waals surface area contributed by atoms with Gasteiger partial charge in [-0.1, -0.05) is 12.1 Å². The summed E-state index contributed by atoms with van der Waals surface area (Å²) in [6.07, 6.45) is -0.0694. The number of hydrogen-bond donors (Lipinski definition) is 3. The molecule has 0 spiro atoms. The van der Waals surface area contributed by atoms with Gasteiger partial charge in [0, 0.05) is 37.3 Å². The fraction of sp³-hybridized carbons (Fsp3) is 0.581. The van der Waals surface area contributed by atoms with Crippen molar-refractivity contribution in [1.29, 1.82) is 0 Å². The Kier molecular flexibility index (Phi) is 8.64. The standard InChI is InChI=1S/C31H36F3N5O7S/c32-23-7-4-5-18-15-38(17-22(18)23)29(43)46-20-13-25-26(40)36-31(28(42)37-47(44,45)21-8-9-21)14-19(31)6-2-1-3-11-30(33,34)12-10-24(35)27(41)39(25)16-20/h1,4-7,19-21,24-25H,3,8-17,35H2,(H,36,40)(H,37,42)/t2?,19-,20-,24+,25+,31-/m1/s1. The van der Waals surface area contributed by atoms with Gasteiger partial charge in [0.05, 0.1) is 24.4 Å². The highest BCUT2D eigenvalue weighted by molar-refractivity contribution is 7.91. The summed E-state index contributed by atoms with van der Waals surface area (Å²) >= 11 is 0. The van der Waals surface area contributed by atoms with Crippen molar-refractivity contribution in [1.82, 2.24) is 19.8 Å². The molecule has 0 unspecified atom stereocenters. The van der Waals surface area contributed by atoms with Crippen LogP contribution in [0.4, 0.5) is 18.0 Å². The molecule has 1 aromatic carbocycles. The third-order valence-corrected chi connectivity index (χ3v) is 11.3. The molecule has 2 saturated carbocycles. The molecule has 4 amide bonds. The molecule has 1 aromatic rings. The van der Waals surface area contributed by atoms with Crippen LogP contribution in [0, 0.1) is 11.7 Å². The van der Waals surface area contributed by atoms with Crippen molar-refractivity contribution in [3.05, 3.63) is 53.0 Å². The number of benzene rings is 1. The molecule has 5 aliphatic rings. The Morgan fingerprint density at radius 2 is 1.89 bits per heavy atom. The average Bonchev–Trinajstić information content (AvgIpc) is 3.89. The second kappa shape index (κ2) is 12.3. The van der Waals surface area contributed by atoms with E-state index in [9.17, 15) is 40.8 Å². The molecule has 5 atom stereocenters. The Bertz CT molecular complexity index is 1660. The molecule has 0 radical (unpaired) electrons.